The summed E-state index contributed by atoms with van der Waals surface area (Å²) in [5, 5.41) is 11.9. The number of fused-ring (bicyclic) bond motifs is 7. The van der Waals surface area contributed by atoms with Gasteiger partial charge in [0.1, 0.15) is 36.6 Å². The maximum absolute atomic E-state index is 13.2. The Morgan fingerprint density at radius 1 is 0.776 bits per heavy atom. The van der Waals surface area contributed by atoms with E-state index in [1.165, 1.54) is 0 Å². The molecule has 5 saturated heterocycles. The van der Waals surface area contributed by atoms with E-state index in [4.69, 9.17) is 42.6 Å². The fraction of sp³-hybridized carbons (Fsp3) is 0.816. The first kappa shape index (κ1) is 37.1. The third-order valence-electron chi connectivity index (χ3n) is 10.4. The molecule has 0 saturated carbocycles. The predicted molar refractivity (Wildman–Crippen MR) is 178 cm³/mol. The van der Waals surface area contributed by atoms with E-state index in [-0.39, 0.29) is 31.2 Å². The molecular weight excluding hydrogens is 632 g/mol. The lowest BCUT2D eigenvalue weighted by Crippen LogP contribution is -2.66. The highest BCUT2D eigenvalue weighted by atomic mass is 16.8. The minimum atomic E-state index is -1.36. The summed E-state index contributed by atoms with van der Waals surface area (Å²) in [7, 11) is 0. The third kappa shape index (κ3) is 9.42. The van der Waals surface area contributed by atoms with Gasteiger partial charge in [0.2, 0.25) is 0 Å². The number of aliphatic hydroxyl groups is 1. The number of hydrogen-bond donors (Lipinski definition) is 1. The smallest absolute Gasteiger partial charge is 0.306 e. The summed E-state index contributed by atoms with van der Waals surface area (Å²) < 4.78 is 57.7. The topological polar surface area (TPSA) is 120 Å². The fourth-order valence-corrected chi connectivity index (χ4v) is 7.78. The molecule has 1 aromatic rings. The quantitative estimate of drug-likeness (QED) is 0.279. The molecule has 0 unspecified atom stereocenters. The first-order valence-electron chi connectivity index (χ1n) is 18.9. The molecule has 5 fully saturated rings. The Kier molecular flexibility index (Phi) is 13.0. The van der Waals surface area contributed by atoms with Gasteiger partial charge < -0.3 is 47.7 Å². The molecule has 11 heteroatoms. The number of hydrogen-bond acceptors (Lipinski definition) is 11. The van der Waals surface area contributed by atoms with Gasteiger partial charge in [-0.2, -0.15) is 0 Å². The number of ether oxygens (including phenoxy) is 9. The van der Waals surface area contributed by atoms with Crippen LogP contribution in [0.4, 0.5) is 0 Å². The molecule has 0 amide bonds. The second-order valence-corrected chi connectivity index (χ2v) is 14.8. The van der Waals surface area contributed by atoms with Gasteiger partial charge in [0.25, 0.3) is 0 Å². The summed E-state index contributed by atoms with van der Waals surface area (Å²) in [4.78, 5) is 13.2. The maximum Gasteiger partial charge on any atom is 0.306 e. The Morgan fingerprint density at radius 2 is 1.51 bits per heavy atom. The van der Waals surface area contributed by atoms with Gasteiger partial charge in [-0.05, 0) is 40.0 Å². The number of aliphatic hydroxyl groups excluding tert-OH is 1. The molecule has 5 heterocycles. The molecule has 1 N–H and O–H groups in total. The van der Waals surface area contributed by atoms with Crippen molar-refractivity contribution in [2.75, 3.05) is 6.61 Å². The zero-order chi connectivity index (χ0) is 34.4. The molecule has 1 aromatic carbocycles. The van der Waals surface area contributed by atoms with Crippen molar-refractivity contribution in [3.05, 3.63) is 35.9 Å². The van der Waals surface area contributed by atoms with Crippen LogP contribution >= 0.6 is 0 Å². The van der Waals surface area contributed by atoms with Crippen molar-refractivity contribution < 1.29 is 52.5 Å². The van der Waals surface area contributed by atoms with Crippen LogP contribution in [0.5, 0.6) is 0 Å². The number of rotatable bonds is 5. The molecule has 49 heavy (non-hydrogen) atoms. The van der Waals surface area contributed by atoms with E-state index in [2.05, 4.69) is 6.92 Å². The zero-order valence-corrected chi connectivity index (χ0v) is 29.7. The van der Waals surface area contributed by atoms with Gasteiger partial charge in [0, 0.05) is 12.0 Å². The van der Waals surface area contributed by atoms with Crippen molar-refractivity contribution in [1.29, 1.82) is 0 Å². The van der Waals surface area contributed by atoms with E-state index in [1.807, 2.05) is 51.1 Å². The van der Waals surface area contributed by atoms with Gasteiger partial charge in [-0.25, -0.2) is 0 Å². The lowest BCUT2D eigenvalue weighted by atomic mass is 9.96. The minimum absolute atomic E-state index is 0.0193. The Labute approximate surface area is 291 Å². The van der Waals surface area contributed by atoms with Gasteiger partial charge in [-0.1, -0.05) is 95.0 Å². The SMILES string of the molecule is CCCCC[C@H]1CCCCCCCCCC(=O)O[C@@H]2[C@@H](O)[C@H](O[C@H]3[C@H](O1)O[C@H](C)[C@@H]1OC(C)(C)O[C@@H]13)O[C@@H]1CO[C@@H](c3ccccc3)O[C@@H]21. The summed E-state index contributed by atoms with van der Waals surface area (Å²) in [5.74, 6) is -1.25. The average molecular weight is 691 g/mol. The normalized spacial score (nSPS) is 40.8. The van der Waals surface area contributed by atoms with Crippen molar-refractivity contribution in [3.63, 3.8) is 0 Å². The Bertz CT molecular complexity index is 1170. The van der Waals surface area contributed by atoms with Crippen LogP contribution in [0, 0.1) is 0 Å². The summed E-state index contributed by atoms with van der Waals surface area (Å²) in [6, 6.07) is 9.57. The van der Waals surface area contributed by atoms with Crippen molar-refractivity contribution in [2.45, 2.75) is 191 Å². The maximum atomic E-state index is 13.2. The second kappa shape index (κ2) is 17.2. The molecule has 12 atom stereocenters. The van der Waals surface area contributed by atoms with E-state index < -0.39 is 67.4 Å². The third-order valence-corrected chi connectivity index (χ3v) is 10.4. The van der Waals surface area contributed by atoms with Crippen LogP contribution in [-0.2, 0) is 47.4 Å². The highest BCUT2D eigenvalue weighted by molar-refractivity contribution is 5.69. The van der Waals surface area contributed by atoms with Crippen molar-refractivity contribution in [3.8, 4) is 0 Å². The molecule has 276 valence electrons. The van der Waals surface area contributed by atoms with E-state index >= 15 is 0 Å². The highest BCUT2D eigenvalue weighted by Crippen LogP contribution is 2.42. The largest absolute Gasteiger partial charge is 0.456 e. The second-order valence-electron chi connectivity index (χ2n) is 14.8. The van der Waals surface area contributed by atoms with Gasteiger partial charge in [0.05, 0.1) is 18.8 Å². The minimum Gasteiger partial charge on any atom is -0.456 e. The molecule has 0 radical (unpaired) electrons. The molecule has 0 aliphatic carbocycles. The van der Waals surface area contributed by atoms with Gasteiger partial charge >= 0.3 is 5.97 Å². The predicted octanol–water partition coefficient (Wildman–Crippen LogP) is 6.24. The van der Waals surface area contributed by atoms with Crippen molar-refractivity contribution in [2.24, 2.45) is 0 Å². The molecule has 5 aliphatic rings. The van der Waals surface area contributed by atoms with E-state index in [1.54, 1.807) is 0 Å². The lowest BCUT2D eigenvalue weighted by Gasteiger charge is -2.49. The first-order valence-corrected chi connectivity index (χ1v) is 18.9. The van der Waals surface area contributed by atoms with Gasteiger partial charge in [-0.3, -0.25) is 4.79 Å². The van der Waals surface area contributed by atoms with E-state index in [0.29, 0.717) is 0 Å². The van der Waals surface area contributed by atoms with Crippen molar-refractivity contribution >= 4 is 5.97 Å². The lowest BCUT2D eigenvalue weighted by molar-refractivity contribution is -0.388. The summed E-state index contributed by atoms with van der Waals surface area (Å²) in [6.07, 6.45) is 4.00. The van der Waals surface area contributed by atoms with Crippen LogP contribution in [0.25, 0.3) is 0 Å². The number of esters is 1. The number of unbranched alkanes of at least 4 members (excludes halogenated alkanes) is 2. The van der Waals surface area contributed by atoms with Gasteiger partial charge in [-0.15, -0.1) is 0 Å². The van der Waals surface area contributed by atoms with Crippen LogP contribution in [0.1, 0.15) is 123 Å². The summed E-state index contributed by atoms with van der Waals surface area (Å²) in [5.41, 5.74) is 0.824. The van der Waals surface area contributed by atoms with Crippen molar-refractivity contribution in [1.82, 2.24) is 0 Å². The van der Waals surface area contributed by atoms with Crippen LogP contribution in [0.3, 0.4) is 0 Å². The van der Waals surface area contributed by atoms with E-state index in [0.717, 1.165) is 82.6 Å². The van der Waals surface area contributed by atoms with Crippen LogP contribution in [-0.4, -0.2) is 91.0 Å². The molecule has 2 bridgehead atoms. The monoisotopic (exact) mass is 690 g/mol. The standard InChI is InChI=1S/C38H58O11/c1-5-6-13-20-26-21-16-10-8-7-9-11-17-22-28(39)45-32-29(40)36(44-27-23-41-35(46-31(27)32)25-18-14-12-15-19-25)47-34-33-30(48-38(3,4)49-33)24(2)42-37(34)43-26/h12,14-15,18-19,24,26-27,29-37,40H,5-11,13,16-17,20-23H2,1-4H3/t24-,26+,27-,29-,30+,31-,32-,33+,34-,35-,36+,37+/m1/s1. The number of carbonyl (C=O) groups is 1. The number of carbonyl (C=O) groups excluding carboxylic acids is 1. The van der Waals surface area contributed by atoms with Crippen LogP contribution in [0.15, 0.2) is 30.3 Å². The van der Waals surface area contributed by atoms with Gasteiger partial charge in [0.15, 0.2) is 30.8 Å². The zero-order valence-electron chi connectivity index (χ0n) is 29.7. The Balaban J connectivity index is 1.28. The Hall–Kier alpha value is -1.67. The number of benzene rings is 1. The molecule has 11 nitrogen and oxygen atoms in total. The van der Waals surface area contributed by atoms with E-state index in [9.17, 15) is 9.90 Å². The molecule has 5 aliphatic heterocycles. The fourth-order valence-electron chi connectivity index (χ4n) is 7.78. The summed E-state index contributed by atoms with van der Waals surface area (Å²) >= 11 is 0. The highest BCUT2D eigenvalue weighted by Gasteiger charge is 2.58. The Morgan fingerprint density at radius 3 is 2.29 bits per heavy atom. The average Bonchev–Trinajstić information content (AvgIpc) is 3.42. The molecule has 6 rings (SSSR count). The molecule has 0 aromatic heterocycles. The first-order chi connectivity index (χ1) is 23.7. The molecular formula is C38H58O11. The van der Waals surface area contributed by atoms with Crippen LogP contribution < -0.4 is 0 Å². The summed E-state index contributed by atoms with van der Waals surface area (Å²) in [6.45, 7) is 8.07. The van der Waals surface area contributed by atoms with Crippen LogP contribution in [0.2, 0.25) is 0 Å². The molecule has 0 spiro atoms.